The van der Waals surface area contributed by atoms with Crippen molar-refractivity contribution in [3.63, 3.8) is 0 Å². The van der Waals surface area contributed by atoms with Crippen LogP contribution in [0, 0.1) is 11.3 Å². The average molecular weight is 421 g/mol. The molecule has 8 nitrogen and oxygen atoms in total. The summed E-state index contributed by atoms with van der Waals surface area (Å²) in [6.45, 7) is 5.49. The molecule has 6 rings (SSSR count). The number of anilines is 1. The number of ether oxygens (including phenoxy) is 1. The molecule has 3 aliphatic heterocycles. The second-order valence-electron chi connectivity index (χ2n) is 8.76. The van der Waals surface area contributed by atoms with Crippen LogP contribution in [0.4, 0.5) is 5.82 Å². The molecule has 3 aromatic heterocycles. The van der Waals surface area contributed by atoms with Crippen molar-refractivity contribution in [1.29, 1.82) is 5.26 Å². The monoisotopic (exact) mass is 420 g/mol. The number of nitrogens with zero attached hydrogens (tertiary/aromatic N) is 5. The molecular formula is C23H28N6O2. The maximum Gasteiger partial charge on any atom is 0.138 e. The van der Waals surface area contributed by atoms with Crippen LogP contribution < -0.4 is 15.0 Å². The molecule has 0 saturated carbocycles. The maximum absolute atomic E-state index is 9.99. The molecule has 0 amide bonds. The highest BCUT2D eigenvalue weighted by Crippen LogP contribution is 2.32. The van der Waals surface area contributed by atoms with E-state index in [1.807, 2.05) is 24.4 Å². The number of pyridine rings is 2. The van der Waals surface area contributed by atoms with Gasteiger partial charge in [-0.2, -0.15) is 10.4 Å². The van der Waals surface area contributed by atoms with Crippen molar-refractivity contribution in [2.24, 2.45) is 0 Å². The number of hydrogen-bond donors (Lipinski definition) is 2. The molecule has 0 radical (unpaired) electrons. The Labute approximate surface area is 182 Å². The van der Waals surface area contributed by atoms with Crippen LogP contribution in [0.1, 0.15) is 33.3 Å². The summed E-state index contributed by atoms with van der Waals surface area (Å²) in [7, 11) is 0. The molecule has 31 heavy (non-hydrogen) atoms. The van der Waals surface area contributed by atoms with Gasteiger partial charge in [0.25, 0.3) is 0 Å². The number of aliphatic hydroxyl groups is 1. The van der Waals surface area contributed by atoms with Crippen LogP contribution in [0.5, 0.6) is 5.75 Å². The zero-order chi connectivity index (χ0) is 20.9. The summed E-state index contributed by atoms with van der Waals surface area (Å²) >= 11 is 0. The van der Waals surface area contributed by atoms with Crippen LogP contribution in [0.15, 0.2) is 36.8 Å². The van der Waals surface area contributed by atoms with E-state index in [9.17, 15) is 10.4 Å². The zero-order valence-electron chi connectivity index (χ0n) is 17.0. The third kappa shape index (κ3) is 4.07. The minimum absolute atomic E-state index is 0. The van der Waals surface area contributed by atoms with E-state index in [-0.39, 0.29) is 14.0 Å². The minimum atomic E-state index is -0.954. The first-order chi connectivity index (χ1) is 14.4. The number of piperidine rings is 1. The molecule has 8 heteroatoms. The molecule has 2 bridgehead atoms. The standard InChI is InChI=1S/C22H24N6O2.CH4/c1-22(2,29)13-30-18-6-19(21-15(7-23)9-25-28(21)12-18)14-3-4-20(24-8-14)27-10-16-5-17(11-27)26-16;/h3-4,6,8-9,12,16-17,26,29H,5,10-11,13H2,1-2H3;1H4. The topological polar surface area (TPSA) is 98.7 Å². The van der Waals surface area contributed by atoms with E-state index in [1.54, 1.807) is 30.8 Å². The van der Waals surface area contributed by atoms with Gasteiger partial charge in [-0.3, -0.25) is 0 Å². The third-order valence-electron chi connectivity index (χ3n) is 5.60. The van der Waals surface area contributed by atoms with E-state index in [1.165, 1.54) is 6.42 Å². The molecule has 3 aromatic rings. The molecule has 0 aromatic carbocycles. The van der Waals surface area contributed by atoms with Crippen molar-refractivity contribution in [2.75, 3.05) is 24.6 Å². The van der Waals surface area contributed by atoms with Gasteiger partial charge in [0.05, 0.1) is 29.1 Å². The Morgan fingerprint density at radius 3 is 2.65 bits per heavy atom. The van der Waals surface area contributed by atoms with Crippen LogP contribution in [-0.2, 0) is 0 Å². The smallest absolute Gasteiger partial charge is 0.138 e. The number of nitriles is 1. The molecule has 3 aliphatic rings. The van der Waals surface area contributed by atoms with Gasteiger partial charge in [0.15, 0.2) is 0 Å². The molecule has 162 valence electrons. The van der Waals surface area contributed by atoms with Crippen LogP contribution in [0.3, 0.4) is 0 Å². The molecule has 0 spiro atoms. The Morgan fingerprint density at radius 1 is 1.29 bits per heavy atom. The van der Waals surface area contributed by atoms with Crippen molar-refractivity contribution >= 4 is 11.3 Å². The van der Waals surface area contributed by atoms with Crippen LogP contribution in [-0.4, -0.2) is 57.1 Å². The molecule has 2 atom stereocenters. The maximum atomic E-state index is 9.99. The Bertz CT molecular complexity index is 1110. The molecule has 2 N–H and O–H groups in total. The van der Waals surface area contributed by atoms with Gasteiger partial charge in [-0.1, -0.05) is 7.43 Å². The number of nitrogens with one attached hydrogen (secondary N) is 1. The third-order valence-corrected chi connectivity index (χ3v) is 5.60. The summed E-state index contributed by atoms with van der Waals surface area (Å²) in [5, 5.41) is 27.3. The first kappa shape index (κ1) is 21.1. The fourth-order valence-corrected chi connectivity index (χ4v) is 4.17. The SMILES string of the molecule is C.CC(C)(O)COc1cc(-c2ccc(N3CC4CC(C3)N4)nc2)c2c(C#N)cnn2c1. The van der Waals surface area contributed by atoms with Gasteiger partial charge in [-0.15, -0.1) is 0 Å². The predicted molar refractivity (Wildman–Crippen MR) is 119 cm³/mol. The summed E-state index contributed by atoms with van der Waals surface area (Å²) in [5.74, 6) is 1.54. The zero-order valence-corrected chi connectivity index (χ0v) is 17.0. The molecule has 6 heterocycles. The first-order valence-electron chi connectivity index (χ1n) is 10.1. The molecule has 3 saturated heterocycles. The van der Waals surface area contributed by atoms with Gasteiger partial charge in [-0.05, 0) is 38.5 Å². The lowest BCUT2D eigenvalue weighted by Gasteiger charge is -2.48. The van der Waals surface area contributed by atoms with E-state index in [0.717, 1.165) is 30.0 Å². The van der Waals surface area contributed by atoms with E-state index < -0.39 is 5.60 Å². The number of aromatic nitrogens is 3. The van der Waals surface area contributed by atoms with Crippen molar-refractivity contribution in [2.45, 2.75) is 45.4 Å². The van der Waals surface area contributed by atoms with Crippen LogP contribution in [0.2, 0.25) is 0 Å². The Morgan fingerprint density at radius 2 is 2.03 bits per heavy atom. The molecule has 3 fully saturated rings. The van der Waals surface area contributed by atoms with Gasteiger partial charge in [0.2, 0.25) is 0 Å². The lowest BCUT2D eigenvalue weighted by molar-refractivity contribution is 0.0283. The van der Waals surface area contributed by atoms with E-state index in [2.05, 4.69) is 21.4 Å². The van der Waals surface area contributed by atoms with Crippen molar-refractivity contribution < 1.29 is 9.84 Å². The Hall–Kier alpha value is -3.15. The summed E-state index contributed by atoms with van der Waals surface area (Å²) in [4.78, 5) is 7.02. The van der Waals surface area contributed by atoms with Gasteiger partial charge < -0.3 is 20.1 Å². The van der Waals surface area contributed by atoms with E-state index in [0.29, 0.717) is 28.9 Å². The number of hydrogen-bond acceptors (Lipinski definition) is 7. The quantitative estimate of drug-likeness (QED) is 0.655. The second-order valence-corrected chi connectivity index (χ2v) is 8.76. The molecule has 0 aliphatic carbocycles. The highest BCUT2D eigenvalue weighted by molar-refractivity contribution is 5.85. The summed E-state index contributed by atoms with van der Waals surface area (Å²) in [5.41, 5.74) is 1.95. The van der Waals surface area contributed by atoms with Crippen LogP contribution >= 0.6 is 0 Å². The highest BCUT2D eigenvalue weighted by Gasteiger charge is 2.36. The highest BCUT2D eigenvalue weighted by atomic mass is 16.5. The predicted octanol–water partition coefficient (Wildman–Crippen LogP) is 2.60. The number of piperazine rings is 1. The first-order valence-corrected chi connectivity index (χ1v) is 10.1. The summed E-state index contributed by atoms with van der Waals surface area (Å²) in [6, 6.07) is 9.28. The Kier molecular flexibility index (Phi) is 5.33. The van der Waals surface area contributed by atoms with Crippen molar-refractivity contribution in [1.82, 2.24) is 19.9 Å². The molecule has 2 unspecified atom stereocenters. The average Bonchev–Trinajstić information content (AvgIpc) is 3.14. The van der Waals surface area contributed by atoms with Crippen LogP contribution in [0.25, 0.3) is 16.6 Å². The van der Waals surface area contributed by atoms with Crippen molar-refractivity contribution in [3.05, 3.63) is 42.4 Å². The second kappa shape index (κ2) is 7.84. The lowest BCUT2D eigenvalue weighted by Crippen LogP contribution is -2.67. The fraction of sp³-hybridized carbons (Fsp3) is 0.435. The van der Waals surface area contributed by atoms with Gasteiger partial charge >= 0.3 is 0 Å². The number of rotatable bonds is 5. The molecular weight excluding hydrogens is 392 g/mol. The largest absolute Gasteiger partial charge is 0.489 e. The van der Waals surface area contributed by atoms with Gasteiger partial charge in [-0.25, -0.2) is 9.50 Å². The Balaban J connectivity index is 0.00000231. The van der Waals surface area contributed by atoms with E-state index >= 15 is 0 Å². The normalized spacial score (nSPS) is 20.0. The number of fused-ring (bicyclic) bond motifs is 3. The van der Waals surface area contributed by atoms with Crippen molar-refractivity contribution in [3.8, 4) is 22.9 Å². The summed E-state index contributed by atoms with van der Waals surface area (Å²) < 4.78 is 7.43. The minimum Gasteiger partial charge on any atom is -0.489 e. The van der Waals surface area contributed by atoms with Gasteiger partial charge in [0.1, 0.15) is 24.2 Å². The fourth-order valence-electron chi connectivity index (χ4n) is 4.17. The van der Waals surface area contributed by atoms with Gasteiger partial charge in [0, 0.05) is 42.5 Å². The lowest BCUT2D eigenvalue weighted by atomic mass is 9.91. The van der Waals surface area contributed by atoms with E-state index in [4.69, 9.17) is 9.72 Å². The summed E-state index contributed by atoms with van der Waals surface area (Å²) in [6.07, 6.45) is 6.36.